The molecule has 2 aromatic rings. The molecule has 0 aliphatic carbocycles. The average molecular weight is 282 g/mol. The van der Waals surface area contributed by atoms with Crippen LogP contribution in [0.15, 0.2) is 48.8 Å². The summed E-state index contributed by atoms with van der Waals surface area (Å²) < 4.78 is 5.88. The molecule has 2 atom stereocenters. The molecule has 0 saturated carbocycles. The van der Waals surface area contributed by atoms with Crippen LogP contribution in [0.1, 0.15) is 13.8 Å². The van der Waals surface area contributed by atoms with Gasteiger partial charge in [-0.3, -0.25) is 9.88 Å². The third-order valence-electron chi connectivity index (χ3n) is 3.74. The minimum absolute atomic E-state index is 0.604. The molecule has 1 fully saturated rings. The zero-order chi connectivity index (χ0) is 14.7. The lowest BCUT2D eigenvalue weighted by molar-refractivity contribution is 0.287. The Bertz CT molecular complexity index is 566. The third kappa shape index (κ3) is 3.82. The molecular weight excluding hydrogens is 260 g/mol. The smallest absolute Gasteiger partial charge is 0.119 e. The first-order chi connectivity index (χ1) is 10.2. The largest absolute Gasteiger partial charge is 0.492 e. The molecule has 1 aromatic heterocycles. The van der Waals surface area contributed by atoms with E-state index in [0.717, 1.165) is 18.3 Å². The molecule has 3 nitrogen and oxygen atoms in total. The second-order valence-corrected chi connectivity index (χ2v) is 6.07. The van der Waals surface area contributed by atoms with Gasteiger partial charge in [0.2, 0.25) is 0 Å². The summed E-state index contributed by atoms with van der Waals surface area (Å²) in [4.78, 5) is 6.51. The summed E-state index contributed by atoms with van der Waals surface area (Å²) in [5, 5.41) is 0. The van der Waals surface area contributed by atoms with E-state index in [1.165, 1.54) is 24.2 Å². The summed E-state index contributed by atoms with van der Waals surface area (Å²) in [7, 11) is 0. The van der Waals surface area contributed by atoms with Gasteiger partial charge in [0.25, 0.3) is 0 Å². The van der Waals surface area contributed by atoms with Gasteiger partial charge in [-0.2, -0.15) is 0 Å². The van der Waals surface area contributed by atoms with Crippen molar-refractivity contribution in [3.8, 4) is 16.9 Å². The van der Waals surface area contributed by atoms with E-state index in [2.05, 4.69) is 35.9 Å². The van der Waals surface area contributed by atoms with Gasteiger partial charge in [-0.1, -0.05) is 26.0 Å². The van der Waals surface area contributed by atoms with Gasteiger partial charge in [0, 0.05) is 25.5 Å². The van der Waals surface area contributed by atoms with Crippen molar-refractivity contribution < 1.29 is 4.74 Å². The Morgan fingerprint density at radius 2 is 1.76 bits per heavy atom. The zero-order valence-electron chi connectivity index (χ0n) is 12.7. The Morgan fingerprint density at radius 3 is 2.43 bits per heavy atom. The summed E-state index contributed by atoms with van der Waals surface area (Å²) in [5.74, 6) is 1.68. The number of rotatable bonds is 6. The predicted molar refractivity (Wildman–Crippen MR) is 85.4 cm³/mol. The molecule has 0 spiro atoms. The Hall–Kier alpha value is -1.87. The fourth-order valence-corrected chi connectivity index (χ4v) is 2.55. The lowest BCUT2D eigenvalue weighted by atomic mass is 10.1. The topological polar surface area (TPSA) is 25.1 Å². The molecule has 2 unspecified atom stereocenters. The molecular formula is C18H22N2O. The van der Waals surface area contributed by atoms with E-state index >= 15 is 0 Å². The Morgan fingerprint density at radius 1 is 1.10 bits per heavy atom. The number of nitrogens with zero attached hydrogens (tertiary/aromatic N) is 2. The molecule has 1 saturated heterocycles. The SMILES string of the molecule is CC(C)CN1CC1COc1ccc(-c2ccncc2)cc1. The van der Waals surface area contributed by atoms with E-state index in [1.807, 2.05) is 36.7 Å². The lowest BCUT2D eigenvalue weighted by Gasteiger charge is -2.09. The first-order valence-electron chi connectivity index (χ1n) is 7.59. The number of ether oxygens (including phenoxy) is 1. The maximum atomic E-state index is 5.88. The van der Waals surface area contributed by atoms with Gasteiger partial charge in [0.05, 0.1) is 6.04 Å². The van der Waals surface area contributed by atoms with Crippen LogP contribution in [-0.2, 0) is 0 Å². The summed E-state index contributed by atoms with van der Waals surface area (Å²) in [6.07, 6.45) is 3.63. The molecule has 1 aliphatic rings. The van der Waals surface area contributed by atoms with Crippen molar-refractivity contribution in [3.63, 3.8) is 0 Å². The highest BCUT2D eigenvalue weighted by Gasteiger charge is 2.34. The molecule has 0 radical (unpaired) electrons. The molecule has 0 bridgehead atoms. The molecule has 3 rings (SSSR count). The van der Waals surface area contributed by atoms with Gasteiger partial charge >= 0.3 is 0 Å². The summed E-state index contributed by atoms with van der Waals surface area (Å²) in [6.45, 7) is 7.66. The predicted octanol–water partition coefficient (Wildman–Crippen LogP) is 3.47. The van der Waals surface area contributed by atoms with Crippen LogP contribution >= 0.6 is 0 Å². The van der Waals surface area contributed by atoms with Crippen LogP contribution in [0.5, 0.6) is 5.75 Å². The van der Waals surface area contributed by atoms with Crippen molar-refractivity contribution in [3.05, 3.63) is 48.8 Å². The van der Waals surface area contributed by atoms with Crippen molar-refractivity contribution in [2.24, 2.45) is 5.92 Å². The summed E-state index contributed by atoms with van der Waals surface area (Å²) in [5.41, 5.74) is 2.37. The monoisotopic (exact) mass is 282 g/mol. The quantitative estimate of drug-likeness (QED) is 0.759. The summed E-state index contributed by atoms with van der Waals surface area (Å²) >= 11 is 0. The fourth-order valence-electron chi connectivity index (χ4n) is 2.55. The fraction of sp³-hybridized carbons (Fsp3) is 0.389. The van der Waals surface area contributed by atoms with E-state index in [9.17, 15) is 0 Å². The minimum Gasteiger partial charge on any atom is -0.492 e. The summed E-state index contributed by atoms with van der Waals surface area (Å²) in [6, 6.07) is 12.9. The molecule has 2 heterocycles. The minimum atomic E-state index is 0.604. The van der Waals surface area contributed by atoms with Gasteiger partial charge < -0.3 is 4.74 Å². The van der Waals surface area contributed by atoms with Gasteiger partial charge in [-0.25, -0.2) is 0 Å². The van der Waals surface area contributed by atoms with Crippen LogP contribution in [0, 0.1) is 5.92 Å². The average Bonchev–Trinajstić information content (AvgIpc) is 3.24. The van der Waals surface area contributed by atoms with E-state index in [0.29, 0.717) is 6.04 Å². The lowest BCUT2D eigenvalue weighted by Crippen LogP contribution is -2.14. The van der Waals surface area contributed by atoms with Crippen molar-refractivity contribution in [1.82, 2.24) is 9.88 Å². The highest BCUT2D eigenvalue weighted by atomic mass is 16.5. The number of pyridine rings is 1. The van der Waals surface area contributed by atoms with E-state index < -0.39 is 0 Å². The second kappa shape index (κ2) is 6.27. The van der Waals surface area contributed by atoms with Crippen LogP contribution in [0.4, 0.5) is 0 Å². The molecule has 1 aromatic carbocycles. The molecule has 21 heavy (non-hydrogen) atoms. The number of benzene rings is 1. The van der Waals surface area contributed by atoms with Crippen LogP contribution in [0.2, 0.25) is 0 Å². The first kappa shape index (κ1) is 14.1. The van der Waals surface area contributed by atoms with Gasteiger partial charge in [0.1, 0.15) is 12.4 Å². The van der Waals surface area contributed by atoms with Gasteiger partial charge in [-0.05, 0) is 41.3 Å². The van der Waals surface area contributed by atoms with Gasteiger partial charge in [-0.15, -0.1) is 0 Å². The molecule has 0 amide bonds. The molecule has 3 heteroatoms. The highest BCUT2D eigenvalue weighted by molar-refractivity contribution is 5.63. The van der Waals surface area contributed by atoms with Gasteiger partial charge in [0.15, 0.2) is 0 Å². The van der Waals surface area contributed by atoms with E-state index in [1.54, 1.807) is 0 Å². The highest BCUT2D eigenvalue weighted by Crippen LogP contribution is 2.24. The normalized spacial score (nSPS) is 20.5. The van der Waals surface area contributed by atoms with Crippen LogP contribution in [0.25, 0.3) is 11.1 Å². The van der Waals surface area contributed by atoms with Crippen molar-refractivity contribution in [2.45, 2.75) is 19.9 Å². The molecule has 1 aliphatic heterocycles. The first-order valence-corrected chi connectivity index (χ1v) is 7.59. The third-order valence-corrected chi connectivity index (χ3v) is 3.74. The molecule has 110 valence electrons. The van der Waals surface area contributed by atoms with Crippen molar-refractivity contribution >= 4 is 0 Å². The molecule has 0 N–H and O–H groups in total. The number of aromatic nitrogens is 1. The van der Waals surface area contributed by atoms with Crippen molar-refractivity contribution in [2.75, 3.05) is 19.7 Å². The number of hydrogen-bond acceptors (Lipinski definition) is 3. The maximum absolute atomic E-state index is 5.88. The standard InChI is InChI=1S/C18H22N2O/c1-14(2)11-20-12-17(20)13-21-18-5-3-15(4-6-18)16-7-9-19-10-8-16/h3-10,14,17H,11-13H2,1-2H3. The zero-order valence-corrected chi connectivity index (χ0v) is 12.7. The Kier molecular flexibility index (Phi) is 4.20. The van der Waals surface area contributed by atoms with Crippen LogP contribution < -0.4 is 4.74 Å². The Balaban J connectivity index is 1.52. The van der Waals surface area contributed by atoms with E-state index in [4.69, 9.17) is 4.74 Å². The van der Waals surface area contributed by atoms with E-state index in [-0.39, 0.29) is 0 Å². The van der Waals surface area contributed by atoms with Crippen LogP contribution in [-0.4, -0.2) is 35.6 Å². The second-order valence-electron chi connectivity index (χ2n) is 6.07. The number of hydrogen-bond donors (Lipinski definition) is 0. The van der Waals surface area contributed by atoms with Crippen LogP contribution in [0.3, 0.4) is 0 Å². The Labute approximate surface area is 126 Å². The van der Waals surface area contributed by atoms with Crippen molar-refractivity contribution in [1.29, 1.82) is 0 Å². The maximum Gasteiger partial charge on any atom is 0.119 e.